The van der Waals surface area contributed by atoms with Crippen LogP contribution in [0.3, 0.4) is 0 Å². The summed E-state index contributed by atoms with van der Waals surface area (Å²) >= 11 is 0. The second-order valence-electron chi connectivity index (χ2n) is 5.20. The molecule has 6 nitrogen and oxygen atoms in total. The summed E-state index contributed by atoms with van der Waals surface area (Å²) in [6.07, 6.45) is 0. The smallest absolute Gasteiger partial charge is 0.322 e. The van der Waals surface area contributed by atoms with Crippen LogP contribution in [0.1, 0.15) is 25.0 Å². The van der Waals surface area contributed by atoms with E-state index in [-0.39, 0.29) is 10.8 Å². The maximum atomic E-state index is 12.4. The first-order chi connectivity index (χ1) is 9.61. The molecule has 21 heavy (non-hydrogen) atoms. The van der Waals surface area contributed by atoms with Crippen molar-refractivity contribution in [2.45, 2.75) is 38.6 Å². The zero-order valence-corrected chi connectivity index (χ0v) is 13.6. The van der Waals surface area contributed by atoms with Gasteiger partial charge in [-0.1, -0.05) is 13.8 Å². The molecule has 118 valence electrons. The van der Waals surface area contributed by atoms with Crippen LogP contribution in [-0.2, 0) is 14.8 Å². The van der Waals surface area contributed by atoms with E-state index in [9.17, 15) is 13.2 Å². The molecule has 0 unspecified atom stereocenters. The molecule has 0 aliphatic heterocycles. The number of sulfonamides is 1. The zero-order valence-electron chi connectivity index (χ0n) is 12.8. The Bertz CT molecular complexity index is 637. The predicted molar refractivity (Wildman–Crippen MR) is 79.1 cm³/mol. The second-order valence-corrected chi connectivity index (χ2v) is 6.88. The number of aliphatic carboxylic acids is 1. The first kappa shape index (κ1) is 17.5. The van der Waals surface area contributed by atoms with Crippen molar-refractivity contribution in [3.8, 4) is 5.75 Å². The van der Waals surface area contributed by atoms with Crippen molar-refractivity contribution < 1.29 is 23.1 Å². The van der Waals surface area contributed by atoms with Gasteiger partial charge in [0.05, 0.1) is 12.0 Å². The number of rotatable bonds is 6. The van der Waals surface area contributed by atoms with Crippen LogP contribution in [0.4, 0.5) is 0 Å². The Morgan fingerprint density at radius 2 is 1.81 bits per heavy atom. The highest BCUT2D eigenvalue weighted by Crippen LogP contribution is 2.27. The van der Waals surface area contributed by atoms with Crippen molar-refractivity contribution in [3.05, 3.63) is 23.3 Å². The summed E-state index contributed by atoms with van der Waals surface area (Å²) in [5.41, 5.74) is 1.24. The lowest BCUT2D eigenvalue weighted by atomic mass is 10.1. The molecule has 0 fully saturated rings. The number of ether oxygens (including phenoxy) is 1. The van der Waals surface area contributed by atoms with Crippen molar-refractivity contribution in [1.29, 1.82) is 0 Å². The molecule has 0 aliphatic rings. The van der Waals surface area contributed by atoms with Crippen molar-refractivity contribution in [2.75, 3.05) is 7.11 Å². The number of hydrogen-bond acceptors (Lipinski definition) is 4. The van der Waals surface area contributed by atoms with Gasteiger partial charge in [-0.15, -0.1) is 0 Å². The summed E-state index contributed by atoms with van der Waals surface area (Å²) in [4.78, 5) is 11.2. The number of carboxylic acids is 1. The quantitative estimate of drug-likeness (QED) is 0.833. The number of benzene rings is 1. The molecule has 0 saturated carbocycles. The minimum atomic E-state index is -3.91. The Labute approximate surface area is 125 Å². The van der Waals surface area contributed by atoms with Gasteiger partial charge in [0, 0.05) is 0 Å². The SMILES string of the molecule is COc1ccc(S(=O)(=O)N[C@@H](C(=O)O)C(C)C)c(C)c1C. The first-order valence-electron chi connectivity index (χ1n) is 6.51. The molecule has 0 heterocycles. The van der Waals surface area contributed by atoms with Crippen molar-refractivity contribution in [1.82, 2.24) is 4.72 Å². The Kier molecular flexibility index (Phi) is 5.36. The molecule has 0 radical (unpaired) electrons. The van der Waals surface area contributed by atoms with Gasteiger partial charge in [0.2, 0.25) is 10.0 Å². The number of nitrogens with one attached hydrogen (secondary N) is 1. The van der Waals surface area contributed by atoms with Gasteiger partial charge < -0.3 is 9.84 Å². The van der Waals surface area contributed by atoms with E-state index in [1.54, 1.807) is 33.8 Å². The fraction of sp³-hybridized carbons (Fsp3) is 0.500. The van der Waals surface area contributed by atoms with E-state index in [1.165, 1.54) is 13.2 Å². The van der Waals surface area contributed by atoms with Crippen LogP contribution in [0.5, 0.6) is 5.75 Å². The van der Waals surface area contributed by atoms with Crippen LogP contribution in [0, 0.1) is 19.8 Å². The third kappa shape index (κ3) is 3.74. The van der Waals surface area contributed by atoms with Crippen LogP contribution >= 0.6 is 0 Å². The minimum Gasteiger partial charge on any atom is -0.496 e. The van der Waals surface area contributed by atoms with E-state index in [0.29, 0.717) is 16.9 Å². The highest BCUT2D eigenvalue weighted by molar-refractivity contribution is 7.89. The number of methoxy groups -OCH3 is 1. The summed E-state index contributed by atoms with van der Waals surface area (Å²) in [6.45, 7) is 6.71. The zero-order chi connectivity index (χ0) is 16.4. The normalized spacial score (nSPS) is 13.2. The summed E-state index contributed by atoms with van der Waals surface area (Å²) in [5.74, 6) is -0.974. The minimum absolute atomic E-state index is 0.0627. The molecule has 0 amide bonds. The van der Waals surface area contributed by atoms with E-state index >= 15 is 0 Å². The summed E-state index contributed by atoms with van der Waals surface area (Å²) in [6, 6.07) is 1.81. The summed E-state index contributed by atoms with van der Waals surface area (Å²) < 4.78 is 32.2. The van der Waals surface area contributed by atoms with Gasteiger partial charge in [0.25, 0.3) is 0 Å². The summed E-state index contributed by atoms with van der Waals surface area (Å²) in [7, 11) is -2.41. The van der Waals surface area contributed by atoms with Gasteiger partial charge in [-0.2, -0.15) is 4.72 Å². The van der Waals surface area contributed by atoms with E-state index in [4.69, 9.17) is 9.84 Å². The standard InChI is InChI=1S/C14H21NO5S/c1-8(2)13(14(16)17)15-21(18,19)12-7-6-11(20-5)9(3)10(12)4/h6-8,13,15H,1-5H3,(H,16,17)/t13-/m1/s1. The first-order valence-corrected chi connectivity index (χ1v) is 7.99. The average molecular weight is 315 g/mol. The van der Waals surface area contributed by atoms with Gasteiger partial charge in [0.15, 0.2) is 0 Å². The Morgan fingerprint density at radius 1 is 1.24 bits per heavy atom. The molecule has 0 bridgehead atoms. The number of carbonyl (C=O) groups is 1. The van der Waals surface area contributed by atoms with Crippen molar-refractivity contribution in [2.24, 2.45) is 5.92 Å². The number of carboxylic acid groups (broad SMARTS) is 1. The molecule has 1 rings (SSSR count). The molecule has 1 aromatic rings. The molecule has 1 aromatic carbocycles. The Balaban J connectivity index is 3.26. The maximum absolute atomic E-state index is 12.4. The van der Waals surface area contributed by atoms with Crippen LogP contribution in [-0.4, -0.2) is 32.6 Å². The maximum Gasteiger partial charge on any atom is 0.322 e. The fourth-order valence-corrected chi connectivity index (χ4v) is 3.62. The molecule has 0 spiro atoms. The Hall–Kier alpha value is -1.60. The monoisotopic (exact) mass is 315 g/mol. The van der Waals surface area contributed by atoms with E-state index in [0.717, 1.165) is 0 Å². The van der Waals surface area contributed by atoms with Gasteiger partial charge in [-0.3, -0.25) is 4.79 Å². The van der Waals surface area contributed by atoms with E-state index in [2.05, 4.69) is 4.72 Å². The molecular formula is C14H21NO5S. The molecule has 7 heteroatoms. The molecule has 1 atom stereocenters. The third-order valence-electron chi connectivity index (χ3n) is 3.41. The summed E-state index contributed by atoms with van der Waals surface area (Å²) in [5, 5.41) is 9.11. The van der Waals surface area contributed by atoms with Crippen LogP contribution in [0.2, 0.25) is 0 Å². The lowest BCUT2D eigenvalue weighted by Gasteiger charge is -2.19. The fourth-order valence-electron chi connectivity index (χ4n) is 1.99. The molecule has 0 aliphatic carbocycles. The largest absolute Gasteiger partial charge is 0.496 e. The number of hydrogen-bond donors (Lipinski definition) is 2. The van der Waals surface area contributed by atoms with Crippen LogP contribution in [0.15, 0.2) is 17.0 Å². The molecule has 0 saturated heterocycles. The van der Waals surface area contributed by atoms with Crippen molar-refractivity contribution >= 4 is 16.0 Å². The van der Waals surface area contributed by atoms with Gasteiger partial charge in [-0.05, 0) is 43.0 Å². The van der Waals surface area contributed by atoms with Crippen molar-refractivity contribution in [3.63, 3.8) is 0 Å². The van der Waals surface area contributed by atoms with Gasteiger partial charge in [-0.25, -0.2) is 8.42 Å². The highest BCUT2D eigenvalue weighted by Gasteiger charge is 2.29. The lowest BCUT2D eigenvalue weighted by molar-refractivity contribution is -0.140. The second kappa shape index (κ2) is 6.44. The Morgan fingerprint density at radius 3 is 2.24 bits per heavy atom. The van der Waals surface area contributed by atoms with Crippen LogP contribution in [0.25, 0.3) is 0 Å². The van der Waals surface area contributed by atoms with E-state index in [1.807, 2.05) is 0 Å². The van der Waals surface area contributed by atoms with Gasteiger partial charge in [0.1, 0.15) is 11.8 Å². The van der Waals surface area contributed by atoms with Gasteiger partial charge >= 0.3 is 5.97 Å². The van der Waals surface area contributed by atoms with E-state index < -0.39 is 22.0 Å². The highest BCUT2D eigenvalue weighted by atomic mass is 32.2. The molecular weight excluding hydrogens is 294 g/mol. The third-order valence-corrected chi connectivity index (χ3v) is 5.00. The van der Waals surface area contributed by atoms with Crippen LogP contribution < -0.4 is 9.46 Å². The predicted octanol–water partition coefficient (Wildman–Crippen LogP) is 1.70. The topological polar surface area (TPSA) is 92.7 Å². The molecule has 0 aromatic heterocycles. The average Bonchev–Trinajstić information content (AvgIpc) is 2.38. The molecule has 2 N–H and O–H groups in total. The lowest BCUT2D eigenvalue weighted by Crippen LogP contribution is -2.44.